The van der Waals surface area contributed by atoms with E-state index in [4.69, 9.17) is 0 Å². The normalized spacial score (nSPS) is 10.6. The van der Waals surface area contributed by atoms with Crippen LogP contribution in [-0.4, -0.2) is 21.9 Å². The molecular formula is C15H19N3OS2. The molecule has 0 atom stereocenters. The molecule has 0 aliphatic heterocycles. The molecule has 1 N–H and O–H groups in total. The van der Waals surface area contributed by atoms with E-state index in [9.17, 15) is 4.79 Å². The molecule has 2 rings (SSSR count). The summed E-state index contributed by atoms with van der Waals surface area (Å²) in [5.41, 5.74) is 0.697. The first-order valence-electron chi connectivity index (χ1n) is 7.10. The first-order valence-corrected chi connectivity index (χ1v) is 8.90. The van der Waals surface area contributed by atoms with Crippen LogP contribution in [0.25, 0.3) is 0 Å². The minimum atomic E-state index is -0.117. The quantitative estimate of drug-likeness (QED) is 0.775. The molecule has 1 heterocycles. The Balaban J connectivity index is 2.08. The Hall–Kier alpha value is -1.40. The van der Waals surface area contributed by atoms with Gasteiger partial charge in [-0.1, -0.05) is 37.3 Å². The highest BCUT2D eigenvalue weighted by atomic mass is 32.2. The van der Waals surface area contributed by atoms with Crippen LogP contribution in [0.3, 0.4) is 0 Å². The zero-order chi connectivity index (χ0) is 15.1. The zero-order valence-electron chi connectivity index (χ0n) is 12.3. The maximum atomic E-state index is 12.4. The lowest BCUT2D eigenvalue weighted by Gasteiger charge is -2.07. The summed E-state index contributed by atoms with van der Waals surface area (Å²) >= 11 is 3.15. The number of rotatable bonds is 7. The van der Waals surface area contributed by atoms with Gasteiger partial charge in [-0.3, -0.25) is 10.1 Å². The van der Waals surface area contributed by atoms with Gasteiger partial charge in [-0.05, 0) is 30.7 Å². The fraction of sp³-hybridized carbons (Fsp3) is 0.400. The third kappa shape index (κ3) is 4.54. The molecule has 0 saturated heterocycles. The van der Waals surface area contributed by atoms with Gasteiger partial charge in [0.1, 0.15) is 5.01 Å². The second-order valence-electron chi connectivity index (χ2n) is 4.55. The average Bonchev–Trinajstić information content (AvgIpc) is 2.93. The maximum absolute atomic E-state index is 12.4. The molecule has 0 saturated carbocycles. The van der Waals surface area contributed by atoms with E-state index < -0.39 is 0 Å². The van der Waals surface area contributed by atoms with Gasteiger partial charge >= 0.3 is 0 Å². The first-order chi connectivity index (χ1) is 10.2. The Kier molecular flexibility index (Phi) is 6.20. The molecule has 0 spiro atoms. The highest BCUT2D eigenvalue weighted by molar-refractivity contribution is 7.99. The van der Waals surface area contributed by atoms with Gasteiger partial charge < -0.3 is 0 Å². The molecule has 1 aromatic heterocycles. The van der Waals surface area contributed by atoms with Crippen LogP contribution >= 0.6 is 23.1 Å². The predicted octanol–water partition coefficient (Wildman–Crippen LogP) is 4.25. The van der Waals surface area contributed by atoms with E-state index in [0.717, 1.165) is 34.9 Å². The molecule has 0 aliphatic carbocycles. The second kappa shape index (κ2) is 8.14. The highest BCUT2D eigenvalue weighted by Crippen LogP contribution is 2.25. The highest BCUT2D eigenvalue weighted by Gasteiger charge is 2.13. The number of carbonyl (C=O) groups is 1. The molecule has 1 amide bonds. The van der Waals surface area contributed by atoms with Gasteiger partial charge in [0.15, 0.2) is 0 Å². The van der Waals surface area contributed by atoms with Gasteiger partial charge in [-0.15, -0.1) is 22.0 Å². The van der Waals surface area contributed by atoms with E-state index in [0.29, 0.717) is 10.7 Å². The summed E-state index contributed by atoms with van der Waals surface area (Å²) in [6, 6.07) is 7.67. The monoisotopic (exact) mass is 321 g/mol. The van der Waals surface area contributed by atoms with Crippen molar-refractivity contribution in [3.8, 4) is 0 Å². The Morgan fingerprint density at radius 3 is 2.81 bits per heavy atom. The van der Waals surface area contributed by atoms with Gasteiger partial charge in [0.05, 0.1) is 5.56 Å². The number of hydrogen-bond acceptors (Lipinski definition) is 5. The topological polar surface area (TPSA) is 54.9 Å². The van der Waals surface area contributed by atoms with Crippen molar-refractivity contribution >= 4 is 34.1 Å². The van der Waals surface area contributed by atoms with Crippen molar-refractivity contribution in [1.82, 2.24) is 10.2 Å². The van der Waals surface area contributed by atoms with Crippen molar-refractivity contribution in [2.24, 2.45) is 0 Å². The number of aryl methyl sites for hydroxylation is 1. The smallest absolute Gasteiger partial charge is 0.258 e. The van der Waals surface area contributed by atoms with Crippen LogP contribution in [0, 0.1) is 0 Å². The van der Waals surface area contributed by atoms with Crippen molar-refractivity contribution in [2.45, 2.75) is 38.0 Å². The van der Waals surface area contributed by atoms with Crippen LogP contribution in [0.5, 0.6) is 0 Å². The van der Waals surface area contributed by atoms with E-state index in [1.807, 2.05) is 24.3 Å². The maximum Gasteiger partial charge on any atom is 0.258 e. The minimum absolute atomic E-state index is 0.117. The number of aromatic nitrogens is 2. The molecule has 21 heavy (non-hydrogen) atoms. The molecule has 6 heteroatoms. The van der Waals surface area contributed by atoms with Gasteiger partial charge in [-0.2, -0.15) is 0 Å². The summed E-state index contributed by atoms with van der Waals surface area (Å²) in [6.45, 7) is 4.23. The molecule has 0 bridgehead atoms. The first kappa shape index (κ1) is 16.0. The molecule has 1 aromatic carbocycles. The molecule has 112 valence electrons. The molecular weight excluding hydrogens is 302 g/mol. The Labute approximate surface area is 133 Å². The summed E-state index contributed by atoms with van der Waals surface area (Å²) in [4.78, 5) is 13.4. The molecule has 0 radical (unpaired) electrons. The van der Waals surface area contributed by atoms with Crippen molar-refractivity contribution in [3.63, 3.8) is 0 Å². The third-order valence-corrected chi connectivity index (χ3v) is 4.92. The lowest BCUT2D eigenvalue weighted by Crippen LogP contribution is -2.12. The van der Waals surface area contributed by atoms with Crippen LogP contribution in [0.1, 0.15) is 42.1 Å². The van der Waals surface area contributed by atoms with E-state index in [2.05, 4.69) is 29.4 Å². The van der Waals surface area contributed by atoms with Crippen molar-refractivity contribution in [2.75, 3.05) is 11.1 Å². The standard InChI is InChI=1S/C15H19N3OS2/c1-3-7-13-17-18-15(21-13)16-14(19)11-8-5-6-9-12(11)20-10-4-2/h5-6,8-9H,3-4,7,10H2,1-2H3,(H,16,18,19). The number of anilines is 1. The van der Waals surface area contributed by atoms with Crippen LogP contribution in [0.4, 0.5) is 5.13 Å². The Bertz CT molecular complexity index is 598. The fourth-order valence-electron chi connectivity index (χ4n) is 1.78. The van der Waals surface area contributed by atoms with Crippen LogP contribution < -0.4 is 5.32 Å². The average molecular weight is 321 g/mol. The van der Waals surface area contributed by atoms with E-state index in [1.165, 1.54) is 11.3 Å². The molecule has 2 aromatic rings. The molecule has 0 aliphatic rings. The summed E-state index contributed by atoms with van der Waals surface area (Å²) in [6.07, 6.45) is 3.01. The predicted molar refractivity (Wildman–Crippen MR) is 89.3 cm³/mol. The minimum Gasteiger partial charge on any atom is -0.296 e. The van der Waals surface area contributed by atoms with Gasteiger partial charge in [0, 0.05) is 11.3 Å². The number of hydrogen-bond donors (Lipinski definition) is 1. The summed E-state index contributed by atoms with van der Waals surface area (Å²) in [5, 5.41) is 12.5. The molecule has 0 unspecified atom stereocenters. The fourth-order valence-corrected chi connectivity index (χ4v) is 3.53. The lowest BCUT2D eigenvalue weighted by atomic mass is 10.2. The Morgan fingerprint density at radius 1 is 1.24 bits per heavy atom. The summed E-state index contributed by atoms with van der Waals surface area (Å²) in [5.74, 6) is 0.886. The summed E-state index contributed by atoms with van der Waals surface area (Å²) in [7, 11) is 0. The third-order valence-electron chi connectivity index (χ3n) is 2.74. The largest absolute Gasteiger partial charge is 0.296 e. The number of nitrogens with zero attached hydrogens (tertiary/aromatic N) is 2. The van der Waals surface area contributed by atoms with E-state index in [1.54, 1.807) is 11.8 Å². The number of benzene rings is 1. The number of amides is 1. The van der Waals surface area contributed by atoms with Crippen LogP contribution in [0.2, 0.25) is 0 Å². The van der Waals surface area contributed by atoms with Crippen LogP contribution in [0.15, 0.2) is 29.2 Å². The van der Waals surface area contributed by atoms with Gasteiger partial charge in [-0.25, -0.2) is 0 Å². The van der Waals surface area contributed by atoms with Gasteiger partial charge in [0.2, 0.25) is 5.13 Å². The summed E-state index contributed by atoms with van der Waals surface area (Å²) < 4.78 is 0. The van der Waals surface area contributed by atoms with E-state index >= 15 is 0 Å². The number of thioether (sulfide) groups is 1. The Morgan fingerprint density at radius 2 is 2.05 bits per heavy atom. The SMILES string of the molecule is CCCSc1ccccc1C(=O)Nc1nnc(CCC)s1. The van der Waals surface area contributed by atoms with Crippen molar-refractivity contribution < 1.29 is 4.79 Å². The van der Waals surface area contributed by atoms with Crippen LogP contribution in [-0.2, 0) is 6.42 Å². The zero-order valence-corrected chi connectivity index (χ0v) is 13.9. The molecule has 0 fully saturated rings. The van der Waals surface area contributed by atoms with Gasteiger partial charge in [0.25, 0.3) is 5.91 Å². The lowest BCUT2D eigenvalue weighted by molar-refractivity contribution is 0.102. The number of nitrogens with one attached hydrogen (secondary N) is 1. The van der Waals surface area contributed by atoms with Crippen molar-refractivity contribution in [1.29, 1.82) is 0 Å². The second-order valence-corrected chi connectivity index (χ2v) is 6.75. The van der Waals surface area contributed by atoms with Crippen molar-refractivity contribution in [3.05, 3.63) is 34.8 Å². The molecule has 4 nitrogen and oxygen atoms in total. The number of carbonyl (C=O) groups excluding carboxylic acids is 1. The van der Waals surface area contributed by atoms with E-state index in [-0.39, 0.29) is 5.91 Å².